The van der Waals surface area contributed by atoms with Gasteiger partial charge in [-0.05, 0) is 55.7 Å². The predicted molar refractivity (Wildman–Crippen MR) is 120 cm³/mol. The van der Waals surface area contributed by atoms with E-state index >= 15 is 0 Å². The van der Waals surface area contributed by atoms with Gasteiger partial charge in [0.05, 0.1) is 10.7 Å². The van der Waals surface area contributed by atoms with Crippen molar-refractivity contribution < 1.29 is 9.59 Å². The van der Waals surface area contributed by atoms with E-state index in [1.54, 1.807) is 42.5 Å². The number of thiocarbonyl (C=S) groups is 1. The molecule has 2 N–H and O–H groups in total. The van der Waals surface area contributed by atoms with E-state index in [4.69, 9.17) is 35.4 Å². The molecule has 0 aliphatic carbocycles. The molecular weight excluding hydrogens is 431 g/mol. The first-order valence-electron chi connectivity index (χ1n) is 8.99. The van der Waals surface area contributed by atoms with E-state index in [0.717, 1.165) is 13.1 Å². The van der Waals surface area contributed by atoms with Crippen molar-refractivity contribution in [2.24, 2.45) is 0 Å². The Balaban J connectivity index is 1.67. The summed E-state index contributed by atoms with van der Waals surface area (Å²) >= 11 is 17.4. The topological polar surface area (TPSA) is 64.7 Å². The highest BCUT2D eigenvalue weighted by Crippen LogP contribution is 2.24. The van der Waals surface area contributed by atoms with Crippen LogP contribution in [0.25, 0.3) is 0 Å². The minimum Gasteiger partial charge on any atom is -0.336 e. The molecule has 152 valence electrons. The van der Waals surface area contributed by atoms with Crippen LogP contribution in [0.3, 0.4) is 0 Å². The molecule has 1 fully saturated rings. The number of halogens is 2. The van der Waals surface area contributed by atoms with Crippen molar-refractivity contribution in [3.05, 3.63) is 63.6 Å². The van der Waals surface area contributed by atoms with E-state index in [1.807, 2.05) is 11.9 Å². The van der Waals surface area contributed by atoms with Gasteiger partial charge in [-0.2, -0.15) is 0 Å². The highest BCUT2D eigenvalue weighted by Gasteiger charge is 2.21. The molecule has 9 heteroatoms. The molecule has 0 saturated carbocycles. The van der Waals surface area contributed by atoms with Crippen LogP contribution >= 0.6 is 35.4 Å². The Kier molecular flexibility index (Phi) is 7.08. The lowest BCUT2D eigenvalue weighted by molar-refractivity contribution is 0.0664. The highest BCUT2D eigenvalue weighted by atomic mass is 35.5. The maximum absolute atomic E-state index is 12.8. The van der Waals surface area contributed by atoms with Crippen molar-refractivity contribution in [2.75, 3.05) is 38.5 Å². The molecule has 0 aromatic heterocycles. The largest absolute Gasteiger partial charge is 0.336 e. The first-order chi connectivity index (χ1) is 13.8. The summed E-state index contributed by atoms with van der Waals surface area (Å²) in [5, 5.41) is 6.38. The molecule has 0 spiro atoms. The number of likely N-dealkylation sites (N-methyl/N-ethyl adjacent to an activating group) is 1. The lowest BCUT2D eigenvalue weighted by Crippen LogP contribution is -2.47. The van der Waals surface area contributed by atoms with Crippen molar-refractivity contribution in [3.8, 4) is 0 Å². The Labute approximate surface area is 184 Å². The number of rotatable bonds is 3. The summed E-state index contributed by atoms with van der Waals surface area (Å²) in [4.78, 5) is 29.1. The quantitative estimate of drug-likeness (QED) is 0.700. The summed E-state index contributed by atoms with van der Waals surface area (Å²) < 4.78 is 0. The molecule has 1 aliphatic heterocycles. The van der Waals surface area contributed by atoms with Gasteiger partial charge in [0.1, 0.15) is 0 Å². The maximum Gasteiger partial charge on any atom is 0.257 e. The number of hydrogen-bond acceptors (Lipinski definition) is 4. The number of nitrogens with zero attached hydrogens (tertiary/aromatic N) is 2. The first kappa shape index (κ1) is 21.5. The Morgan fingerprint density at radius 2 is 1.72 bits per heavy atom. The number of nitrogens with one attached hydrogen (secondary N) is 2. The van der Waals surface area contributed by atoms with Crippen LogP contribution in [0.5, 0.6) is 0 Å². The molecule has 2 aromatic carbocycles. The fourth-order valence-electron chi connectivity index (χ4n) is 2.90. The van der Waals surface area contributed by atoms with Crippen molar-refractivity contribution in [1.82, 2.24) is 15.1 Å². The van der Waals surface area contributed by atoms with Crippen LogP contribution in [0.2, 0.25) is 10.0 Å². The molecule has 1 heterocycles. The van der Waals surface area contributed by atoms with E-state index in [-0.39, 0.29) is 11.0 Å². The summed E-state index contributed by atoms with van der Waals surface area (Å²) in [5.41, 5.74) is 1.33. The number of hydrogen-bond donors (Lipinski definition) is 2. The molecule has 2 amide bonds. The van der Waals surface area contributed by atoms with Gasteiger partial charge in [-0.3, -0.25) is 14.9 Å². The Morgan fingerprint density at radius 3 is 2.41 bits per heavy atom. The molecule has 0 atom stereocenters. The van der Waals surface area contributed by atoms with E-state index in [0.29, 0.717) is 39.9 Å². The lowest BCUT2D eigenvalue weighted by Gasteiger charge is -2.32. The summed E-state index contributed by atoms with van der Waals surface area (Å²) in [5.74, 6) is -0.461. The van der Waals surface area contributed by atoms with E-state index in [1.165, 1.54) is 0 Å². The molecule has 0 unspecified atom stereocenters. The second kappa shape index (κ2) is 9.54. The van der Waals surface area contributed by atoms with Crippen LogP contribution in [-0.4, -0.2) is 60.0 Å². The molecule has 6 nitrogen and oxygen atoms in total. The van der Waals surface area contributed by atoms with E-state index in [9.17, 15) is 9.59 Å². The van der Waals surface area contributed by atoms with Crippen LogP contribution in [0.1, 0.15) is 20.7 Å². The van der Waals surface area contributed by atoms with Crippen molar-refractivity contribution in [3.63, 3.8) is 0 Å². The average molecular weight is 451 g/mol. The van der Waals surface area contributed by atoms with Crippen LogP contribution in [0.4, 0.5) is 5.69 Å². The summed E-state index contributed by atoms with van der Waals surface area (Å²) in [6.45, 7) is 3.03. The SMILES string of the molecule is CN1CCN(C(=O)c2ccc(Cl)c(NC(=S)NC(=O)c3cccc(Cl)c3)c2)CC1. The first-order valence-corrected chi connectivity index (χ1v) is 10.1. The normalized spacial score (nSPS) is 14.4. The molecular formula is C20H20Cl2N4O2S. The number of benzene rings is 2. The predicted octanol–water partition coefficient (Wildman–Crippen LogP) is 3.51. The molecule has 3 rings (SSSR count). The van der Waals surface area contributed by atoms with Crippen molar-refractivity contribution in [2.45, 2.75) is 0 Å². The summed E-state index contributed by atoms with van der Waals surface area (Å²) in [6.07, 6.45) is 0. The molecule has 0 bridgehead atoms. The summed E-state index contributed by atoms with van der Waals surface area (Å²) in [6, 6.07) is 11.5. The standard InChI is InChI=1S/C20H20Cl2N4O2S/c1-25-7-9-26(10-8-25)19(28)14-5-6-16(22)17(12-14)23-20(29)24-18(27)13-3-2-4-15(21)11-13/h2-6,11-12H,7-10H2,1H3,(H2,23,24,27,29). The van der Waals surface area contributed by atoms with Gasteiger partial charge in [0.15, 0.2) is 5.11 Å². The van der Waals surface area contributed by atoms with Gasteiger partial charge in [0.2, 0.25) is 0 Å². The monoisotopic (exact) mass is 450 g/mol. The molecule has 29 heavy (non-hydrogen) atoms. The third-order valence-electron chi connectivity index (χ3n) is 4.57. The third-order valence-corrected chi connectivity index (χ3v) is 5.33. The van der Waals surface area contributed by atoms with Crippen molar-refractivity contribution in [1.29, 1.82) is 0 Å². The van der Waals surface area contributed by atoms with E-state index in [2.05, 4.69) is 15.5 Å². The maximum atomic E-state index is 12.8. The number of carbonyl (C=O) groups excluding carboxylic acids is 2. The van der Waals surface area contributed by atoms with Crippen LogP contribution in [0.15, 0.2) is 42.5 Å². The second-order valence-electron chi connectivity index (χ2n) is 6.71. The zero-order chi connectivity index (χ0) is 21.0. The fourth-order valence-corrected chi connectivity index (χ4v) is 3.46. The van der Waals surface area contributed by atoms with Gasteiger partial charge in [-0.25, -0.2) is 0 Å². The molecule has 0 radical (unpaired) electrons. The van der Waals surface area contributed by atoms with Gasteiger partial charge in [-0.1, -0.05) is 29.3 Å². The Bertz CT molecular complexity index is 946. The van der Waals surface area contributed by atoms with Gasteiger partial charge in [-0.15, -0.1) is 0 Å². The number of anilines is 1. The number of piperazine rings is 1. The molecule has 1 aliphatic rings. The lowest BCUT2D eigenvalue weighted by atomic mass is 10.1. The van der Waals surface area contributed by atoms with Gasteiger partial charge < -0.3 is 15.1 Å². The minimum atomic E-state index is -0.397. The second-order valence-corrected chi connectivity index (χ2v) is 7.96. The average Bonchev–Trinajstić information content (AvgIpc) is 2.69. The zero-order valence-electron chi connectivity index (χ0n) is 15.7. The van der Waals surface area contributed by atoms with Gasteiger partial charge in [0.25, 0.3) is 11.8 Å². The van der Waals surface area contributed by atoms with Crippen molar-refractivity contribution >= 4 is 58.0 Å². The van der Waals surface area contributed by atoms with E-state index < -0.39 is 5.91 Å². The van der Waals surface area contributed by atoms with Crippen LogP contribution < -0.4 is 10.6 Å². The smallest absolute Gasteiger partial charge is 0.257 e. The minimum absolute atomic E-state index is 0.0632. The highest BCUT2D eigenvalue weighted by molar-refractivity contribution is 7.80. The number of amides is 2. The Morgan fingerprint density at radius 1 is 1.00 bits per heavy atom. The third kappa shape index (κ3) is 5.67. The van der Waals surface area contributed by atoms with Gasteiger partial charge >= 0.3 is 0 Å². The Hall–Kier alpha value is -2.19. The number of carbonyl (C=O) groups is 2. The fraction of sp³-hybridized carbons (Fsp3) is 0.250. The van der Waals surface area contributed by atoms with Gasteiger partial charge in [0, 0.05) is 42.3 Å². The van der Waals surface area contributed by atoms with Crippen LogP contribution in [-0.2, 0) is 0 Å². The zero-order valence-corrected chi connectivity index (χ0v) is 18.1. The van der Waals surface area contributed by atoms with Crippen LogP contribution in [0, 0.1) is 0 Å². The summed E-state index contributed by atoms with van der Waals surface area (Å²) in [7, 11) is 2.03. The molecule has 1 saturated heterocycles. The molecule has 2 aromatic rings.